The number of nitriles is 1. The Morgan fingerprint density at radius 3 is 2.88 bits per heavy atom. The molecule has 0 aliphatic carbocycles. The van der Waals surface area contributed by atoms with Crippen molar-refractivity contribution in [1.82, 2.24) is 25.3 Å². The minimum Gasteiger partial charge on any atom is -0.378 e. The predicted molar refractivity (Wildman–Crippen MR) is 121 cm³/mol. The van der Waals surface area contributed by atoms with Crippen LogP contribution in [0.2, 0.25) is 0 Å². The van der Waals surface area contributed by atoms with Crippen molar-refractivity contribution in [2.45, 2.75) is 6.92 Å². The SMILES string of the molecule is Cc1cc(-c2sc(NC(=O)N3CCOCC3)nc2-c2cccc(C#N)c2)cc2n[nH]nc12. The molecule has 0 saturated carbocycles. The minimum atomic E-state index is -0.200. The Balaban J connectivity index is 1.58. The van der Waals surface area contributed by atoms with Crippen LogP contribution in [0.25, 0.3) is 32.7 Å². The summed E-state index contributed by atoms with van der Waals surface area (Å²) in [5, 5.41) is 23.8. The number of hydrogen-bond donors (Lipinski definition) is 2. The van der Waals surface area contributed by atoms with Gasteiger partial charge in [-0.2, -0.15) is 20.7 Å². The molecule has 2 amide bonds. The summed E-state index contributed by atoms with van der Waals surface area (Å²) in [4.78, 5) is 20.1. The lowest BCUT2D eigenvalue weighted by atomic mass is 10.0. The number of carbonyl (C=O) groups is 1. The van der Waals surface area contributed by atoms with E-state index in [1.54, 1.807) is 17.0 Å². The van der Waals surface area contributed by atoms with Gasteiger partial charge in [-0.25, -0.2) is 9.78 Å². The zero-order chi connectivity index (χ0) is 22.1. The number of aromatic amines is 1. The van der Waals surface area contributed by atoms with Crippen LogP contribution in [-0.4, -0.2) is 57.6 Å². The van der Waals surface area contributed by atoms with Gasteiger partial charge in [-0.05, 0) is 42.3 Å². The molecule has 0 atom stereocenters. The lowest BCUT2D eigenvalue weighted by molar-refractivity contribution is 0.0564. The Labute approximate surface area is 187 Å². The number of rotatable bonds is 3. The van der Waals surface area contributed by atoms with Gasteiger partial charge >= 0.3 is 6.03 Å². The third-order valence-electron chi connectivity index (χ3n) is 5.28. The number of thiazole rings is 1. The highest BCUT2D eigenvalue weighted by Gasteiger charge is 2.21. The van der Waals surface area contributed by atoms with Gasteiger partial charge < -0.3 is 9.64 Å². The third-order valence-corrected chi connectivity index (χ3v) is 6.30. The van der Waals surface area contributed by atoms with Crippen molar-refractivity contribution in [1.29, 1.82) is 5.26 Å². The summed E-state index contributed by atoms with van der Waals surface area (Å²) in [6.07, 6.45) is 0. The van der Waals surface area contributed by atoms with Crippen molar-refractivity contribution in [2.75, 3.05) is 31.6 Å². The van der Waals surface area contributed by atoms with Crippen LogP contribution in [0.15, 0.2) is 36.4 Å². The van der Waals surface area contributed by atoms with Crippen LogP contribution in [0.1, 0.15) is 11.1 Å². The summed E-state index contributed by atoms with van der Waals surface area (Å²) < 4.78 is 5.33. The van der Waals surface area contributed by atoms with Gasteiger partial charge in [0.1, 0.15) is 11.0 Å². The Hall–Kier alpha value is -3.81. The largest absolute Gasteiger partial charge is 0.378 e. The van der Waals surface area contributed by atoms with Crippen LogP contribution >= 0.6 is 11.3 Å². The van der Waals surface area contributed by atoms with Gasteiger partial charge in [-0.15, -0.1) is 0 Å². The summed E-state index contributed by atoms with van der Waals surface area (Å²) in [6, 6.07) is 13.2. The van der Waals surface area contributed by atoms with E-state index in [9.17, 15) is 10.1 Å². The Morgan fingerprint density at radius 1 is 1.22 bits per heavy atom. The summed E-state index contributed by atoms with van der Waals surface area (Å²) in [7, 11) is 0. The predicted octanol–water partition coefficient (Wildman–Crippen LogP) is 3.79. The number of carbonyl (C=O) groups excluding carboxylic acids is 1. The molecule has 1 saturated heterocycles. The van der Waals surface area contributed by atoms with Gasteiger partial charge in [0.25, 0.3) is 0 Å². The molecule has 0 bridgehead atoms. The number of hydrogen-bond acceptors (Lipinski definition) is 7. The van der Waals surface area contributed by atoms with Crippen molar-refractivity contribution in [3.8, 4) is 27.8 Å². The lowest BCUT2D eigenvalue weighted by Gasteiger charge is -2.26. The maximum Gasteiger partial charge on any atom is 0.323 e. The Kier molecular flexibility index (Phi) is 5.26. The first kappa shape index (κ1) is 20.1. The molecule has 0 unspecified atom stereocenters. The van der Waals surface area contributed by atoms with Crippen LogP contribution in [0, 0.1) is 18.3 Å². The highest BCUT2D eigenvalue weighted by molar-refractivity contribution is 7.19. The van der Waals surface area contributed by atoms with Crippen molar-refractivity contribution in [2.24, 2.45) is 0 Å². The maximum absolute atomic E-state index is 12.7. The molecule has 5 rings (SSSR count). The molecular weight excluding hydrogens is 426 g/mol. The molecule has 1 fully saturated rings. The number of anilines is 1. The smallest absolute Gasteiger partial charge is 0.323 e. The van der Waals surface area contributed by atoms with Crippen molar-refractivity contribution >= 4 is 33.5 Å². The molecule has 1 aliphatic heterocycles. The van der Waals surface area contributed by atoms with E-state index in [-0.39, 0.29) is 6.03 Å². The number of fused-ring (bicyclic) bond motifs is 1. The molecule has 2 aromatic heterocycles. The molecular formula is C22H19N7O2S. The first-order chi connectivity index (χ1) is 15.6. The summed E-state index contributed by atoms with van der Waals surface area (Å²) in [5.74, 6) is 0. The standard InChI is InChI=1S/C22H19N7O2S/c1-13-9-16(11-17-18(13)27-28-26-17)20-19(15-4-2-3-14(10-15)12-23)24-21(32-20)25-22(30)29-5-7-31-8-6-29/h2-4,9-11H,5-8H2,1H3,(H,24,25,30)(H,26,27,28). The number of aromatic nitrogens is 4. The van der Waals surface area contributed by atoms with E-state index in [4.69, 9.17) is 9.72 Å². The normalized spacial score (nSPS) is 13.8. The second-order valence-electron chi connectivity index (χ2n) is 7.40. The van der Waals surface area contributed by atoms with E-state index in [1.807, 2.05) is 31.2 Å². The minimum absolute atomic E-state index is 0.200. The van der Waals surface area contributed by atoms with E-state index in [0.717, 1.165) is 32.6 Å². The summed E-state index contributed by atoms with van der Waals surface area (Å²) >= 11 is 1.39. The molecule has 32 heavy (non-hydrogen) atoms. The first-order valence-electron chi connectivity index (χ1n) is 10.1. The molecule has 4 aromatic rings. The molecule has 2 aromatic carbocycles. The zero-order valence-electron chi connectivity index (χ0n) is 17.3. The quantitative estimate of drug-likeness (QED) is 0.495. The van der Waals surface area contributed by atoms with Gasteiger partial charge in [0.2, 0.25) is 0 Å². The lowest BCUT2D eigenvalue weighted by Crippen LogP contribution is -2.43. The van der Waals surface area contributed by atoms with Crippen LogP contribution in [0.3, 0.4) is 0 Å². The van der Waals surface area contributed by atoms with Gasteiger partial charge in [-0.3, -0.25) is 5.32 Å². The average molecular weight is 446 g/mol. The van der Waals surface area contributed by atoms with Crippen molar-refractivity contribution < 1.29 is 9.53 Å². The average Bonchev–Trinajstić information content (AvgIpc) is 3.47. The second-order valence-corrected chi connectivity index (χ2v) is 8.40. The fraction of sp³-hybridized carbons (Fsp3) is 0.227. The maximum atomic E-state index is 12.7. The third kappa shape index (κ3) is 3.79. The molecule has 2 N–H and O–H groups in total. The fourth-order valence-electron chi connectivity index (χ4n) is 3.69. The first-order valence-corrected chi connectivity index (χ1v) is 10.9. The molecule has 1 aliphatic rings. The number of nitrogens with zero attached hydrogens (tertiary/aromatic N) is 5. The molecule has 0 spiro atoms. The number of nitrogens with one attached hydrogen (secondary N) is 2. The number of aryl methyl sites for hydroxylation is 1. The van der Waals surface area contributed by atoms with Crippen LogP contribution < -0.4 is 5.32 Å². The van der Waals surface area contributed by atoms with Crippen molar-refractivity contribution in [3.63, 3.8) is 0 Å². The van der Waals surface area contributed by atoms with Gasteiger partial charge in [-0.1, -0.05) is 23.5 Å². The van der Waals surface area contributed by atoms with Crippen LogP contribution in [0.4, 0.5) is 9.93 Å². The second kappa shape index (κ2) is 8.37. The highest BCUT2D eigenvalue weighted by Crippen LogP contribution is 2.40. The van der Waals surface area contributed by atoms with Gasteiger partial charge in [0, 0.05) is 18.7 Å². The number of ether oxygens (including phenoxy) is 1. The van der Waals surface area contributed by atoms with E-state index < -0.39 is 0 Å². The van der Waals surface area contributed by atoms with Gasteiger partial charge in [0.15, 0.2) is 5.13 Å². The number of amides is 2. The zero-order valence-corrected chi connectivity index (χ0v) is 18.1. The van der Waals surface area contributed by atoms with E-state index in [2.05, 4.69) is 26.8 Å². The van der Waals surface area contributed by atoms with E-state index >= 15 is 0 Å². The highest BCUT2D eigenvalue weighted by atomic mass is 32.1. The number of H-pyrrole nitrogens is 1. The van der Waals surface area contributed by atoms with Crippen molar-refractivity contribution in [3.05, 3.63) is 47.5 Å². The topological polar surface area (TPSA) is 120 Å². The number of urea groups is 1. The van der Waals surface area contributed by atoms with E-state index in [0.29, 0.717) is 42.7 Å². The van der Waals surface area contributed by atoms with Crippen LogP contribution in [-0.2, 0) is 4.74 Å². The molecule has 3 heterocycles. The number of morpholine rings is 1. The van der Waals surface area contributed by atoms with Crippen LogP contribution in [0.5, 0.6) is 0 Å². The summed E-state index contributed by atoms with van der Waals surface area (Å²) in [6.45, 7) is 4.12. The van der Waals surface area contributed by atoms with Gasteiger partial charge in [0.05, 0.1) is 35.4 Å². The Morgan fingerprint density at radius 2 is 2.06 bits per heavy atom. The summed E-state index contributed by atoms with van der Waals surface area (Å²) in [5.41, 5.74) is 5.52. The molecule has 9 nitrogen and oxygen atoms in total. The molecule has 160 valence electrons. The molecule has 0 radical (unpaired) electrons. The fourth-order valence-corrected chi connectivity index (χ4v) is 4.65. The Bertz CT molecular complexity index is 1350. The monoisotopic (exact) mass is 445 g/mol. The molecule has 10 heteroatoms. The number of benzene rings is 2. The van der Waals surface area contributed by atoms with E-state index in [1.165, 1.54) is 11.3 Å².